The lowest BCUT2D eigenvalue weighted by molar-refractivity contribution is 0.0928. The van der Waals surface area contributed by atoms with Crippen molar-refractivity contribution >= 4 is 29.7 Å². The smallest absolute Gasteiger partial charge is 0.261 e. The molecule has 5 heteroatoms. The molecule has 2 saturated heterocycles. The first-order valence-corrected chi connectivity index (χ1v) is 7.16. The van der Waals surface area contributed by atoms with Crippen molar-refractivity contribution in [3.8, 4) is 0 Å². The molecule has 1 aromatic heterocycles. The molecule has 2 atom stereocenters. The summed E-state index contributed by atoms with van der Waals surface area (Å²) in [6, 6.07) is 5.55. The standard InChI is InChI=1S/C13H18N2OS.ClH/c1-8-2-5-12(17-8)13(16)15-11-6-9-3-4-10(7-11)14-9;/h2,5,9-11,14H,3-4,6-7H2,1H3,(H,15,16);1H. The summed E-state index contributed by atoms with van der Waals surface area (Å²) in [6.07, 6.45) is 4.73. The Morgan fingerprint density at radius 2 is 2.00 bits per heavy atom. The highest BCUT2D eigenvalue weighted by Crippen LogP contribution is 2.27. The van der Waals surface area contributed by atoms with E-state index in [0.717, 1.165) is 17.7 Å². The van der Waals surface area contributed by atoms with E-state index < -0.39 is 0 Å². The molecule has 0 aromatic carbocycles. The Balaban J connectivity index is 0.00000120. The van der Waals surface area contributed by atoms with Crippen LogP contribution in [0, 0.1) is 6.92 Å². The zero-order valence-corrected chi connectivity index (χ0v) is 12.1. The van der Waals surface area contributed by atoms with Crippen LogP contribution in [0.3, 0.4) is 0 Å². The van der Waals surface area contributed by atoms with Crippen LogP contribution in [0.4, 0.5) is 0 Å². The number of fused-ring (bicyclic) bond motifs is 2. The van der Waals surface area contributed by atoms with E-state index in [9.17, 15) is 4.79 Å². The number of hydrogen-bond acceptors (Lipinski definition) is 3. The van der Waals surface area contributed by atoms with Crippen LogP contribution in [-0.2, 0) is 0 Å². The summed E-state index contributed by atoms with van der Waals surface area (Å²) in [6.45, 7) is 2.03. The molecule has 0 saturated carbocycles. The third-order valence-electron chi connectivity index (χ3n) is 3.77. The molecular weight excluding hydrogens is 268 g/mol. The van der Waals surface area contributed by atoms with Crippen molar-refractivity contribution < 1.29 is 4.79 Å². The Bertz CT molecular complexity index is 422. The summed E-state index contributed by atoms with van der Waals surface area (Å²) >= 11 is 1.57. The molecule has 1 amide bonds. The molecule has 2 bridgehead atoms. The van der Waals surface area contributed by atoms with Crippen LogP contribution < -0.4 is 10.6 Å². The van der Waals surface area contributed by atoms with Gasteiger partial charge in [0.25, 0.3) is 5.91 Å². The molecule has 2 fully saturated rings. The monoisotopic (exact) mass is 286 g/mol. The first kappa shape index (κ1) is 13.8. The zero-order chi connectivity index (χ0) is 11.8. The lowest BCUT2D eigenvalue weighted by Gasteiger charge is -2.29. The highest BCUT2D eigenvalue weighted by Gasteiger charge is 2.34. The van der Waals surface area contributed by atoms with Crippen molar-refractivity contribution in [2.45, 2.75) is 50.7 Å². The van der Waals surface area contributed by atoms with Gasteiger partial charge in [-0.2, -0.15) is 0 Å². The van der Waals surface area contributed by atoms with E-state index >= 15 is 0 Å². The number of aryl methyl sites for hydroxylation is 1. The van der Waals surface area contributed by atoms with E-state index in [0.29, 0.717) is 18.1 Å². The molecule has 3 nitrogen and oxygen atoms in total. The number of nitrogens with one attached hydrogen (secondary N) is 2. The van der Waals surface area contributed by atoms with Crippen molar-refractivity contribution in [2.75, 3.05) is 0 Å². The molecule has 3 rings (SSSR count). The molecule has 0 aliphatic carbocycles. The number of carbonyl (C=O) groups is 1. The van der Waals surface area contributed by atoms with Gasteiger partial charge in [-0.25, -0.2) is 0 Å². The SMILES string of the molecule is Cc1ccc(C(=O)NC2CC3CCC(C2)N3)s1.Cl. The molecule has 0 radical (unpaired) electrons. The molecule has 0 spiro atoms. The van der Waals surface area contributed by atoms with Crippen LogP contribution in [-0.4, -0.2) is 24.0 Å². The predicted molar refractivity (Wildman–Crippen MR) is 76.7 cm³/mol. The van der Waals surface area contributed by atoms with Crippen molar-refractivity contribution in [3.05, 3.63) is 21.9 Å². The highest BCUT2D eigenvalue weighted by atomic mass is 35.5. The minimum Gasteiger partial charge on any atom is -0.348 e. The van der Waals surface area contributed by atoms with Gasteiger partial charge in [-0.05, 0) is 44.7 Å². The summed E-state index contributed by atoms with van der Waals surface area (Å²) in [4.78, 5) is 14.1. The minimum atomic E-state index is 0. The second kappa shape index (κ2) is 5.59. The average molecular weight is 287 g/mol. The van der Waals surface area contributed by atoms with E-state index in [2.05, 4.69) is 10.6 Å². The van der Waals surface area contributed by atoms with Gasteiger partial charge in [-0.3, -0.25) is 4.79 Å². The molecule has 3 heterocycles. The van der Waals surface area contributed by atoms with Crippen LogP contribution in [0.1, 0.15) is 40.2 Å². The Morgan fingerprint density at radius 1 is 1.33 bits per heavy atom. The molecule has 2 unspecified atom stereocenters. The molecule has 100 valence electrons. The lowest BCUT2D eigenvalue weighted by Crippen LogP contribution is -2.47. The van der Waals surface area contributed by atoms with Crippen LogP contribution in [0.15, 0.2) is 12.1 Å². The van der Waals surface area contributed by atoms with Crippen molar-refractivity contribution in [3.63, 3.8) is 0 Å². The van der Waals surface area contributed by atoms with Crippen molar-refractivity contribution in [1.82, 2.24) is 10.6 Å². The number of amides is 1. The van der Waals surface area contributed by atoms with E-state index in [1.54, 1.807) is 11.3 Å². The highest BCUT2D eigenvalue weighted by molar-refractivity contribution is 7.13. The Morgan fingerprint density at radius 3 is 2.56 bits per heavy atom. The van der Waals surface area contributed by atoms with Crippen LogP contribution in [0.5, 0.6) is 0 Å². The van der Waals surface area contributed by atoms with Gasteiger partial charge in [-0.1, -0.05) is 0 Å². The lowest BCUT2D eigenvalue weighted by atomic mass is 10.00. The Hall–Kier alpha value is -0.580. The van der Waals surface area contributed by atoms with Gasteiger partial charge >= 0.3 is 0 Å². The van der Waals surface area contributed by atoms with Crippen LogP contribution >= 0.6 is 23.7 Å². The summed E-state index contributed by atoms with van der Waals surface area (Å²) < 4.78 is 0. The van der Waals surface area contributed by atoms with Crippen LogP contribution in [0.25, 0.3) is 0 Å². The predicted octanol–water partition coefficient (Wildman–Crippen LogP) is 2.49. The van der Waals surface area contributed by atoms with E-state index in [4.69, 9.17) is 0 Å². The largest absolute Gasteiger partial charge is 0.348 e. The second-order valence-corrected chi connectivity index (χ2v) is 6.48. The van der Waals surface area contributed by atoms with Gasteiger partial charge < -0.3 is 10.6 Å². The van der Waals surface area contributed by atoms with E-state index in [-0.39, 0.29) is 18.3 Å². The van der Waals surface area contributed by atoms with Gasteiger partial charge in [0, 0.05) is 23.0 Å². The van der Waals surface area contributed by atoms with Gasteiger partial charge in [0.15, 0.2) is 0 Å². The fourth-order valence-corrected chi connectivity index (χ4v) is 3.76. The molecule has 1 aromatic rings. The maximum Gasteiger partial charge on any atom is 0.261 e. The van der Waals surface area contributed by atoms with Crippen molar-refractivity contribution in [1.29, 1.82) is 0 Å². The van der Waals surface area contributed by atoms with E-state index in [1.165, 1.54) is 17.7 Å². The third kappa shape index (κ3) is 2.87. The topological polar surface area (TPSA) is 41.1 Å². The first-order valence-electron chi connectivity index (χ1n) is 6.34. The van der Waals surface area contributed by atoms with E-state index in [1.807, 2.05) is 19.1 Å². The summed E-state index contributed by atoms with van der Waals surface area (Å²) in [5, 5.41) is 6.77. The number of piperidine rings is 1. The Kier molecular flexibility index (Phi) is 4.30. The summed E-state index contributed by atoms with van der Waals surface area (Å²) in [5.74, 6) is 0.106. The molecule has 2 N–H and O–H groups in total. The number of thiophene rings is 1. The number of halogens is 1. The molecule has 18 heavy (non-hydrogen) atoms. The number of rotatable bonds is 2. The van der Waals surface area contributed by atoms with Gasteiger partial charge in [-0.15, -0.1) is 23.7 Å². The third-order valence-corrected chi connectivity index (χ3v) is 4.77. The fourth-order valence-electron chi connectivity index (χ4n) is 2.99. The second-order valence-electron chi connectivity index (χ2n) is 5.19. The zero-order valence-electron chi connectivity index (χ0n) is 10.4. The molecule has 2 aliphatic rings. The van der Waals surface area contributed by atoms with Gasteiger partial charge in [0.05, 0.1) is 4.88 Å². The fraction of sp³-hybridized carbons (Fsp3) is 0.615. The molecular formula is C13H19ClN2OS. The summed E-state index contributed by atoms with van der Waals surface area (Å²) in [7, 11) is 0. The van der Waals surface area contributed by atoms with Crippen LogP contribution in [0.2, 0.25) is 0 Å². The summed E-state index contributed by atoms with van der Waals surface area (Å²) in [5.41, 5.74) is 0. The first-order chi connectivity index (χ1) is 8.20. The normalized spacial score (nSPS) is 29.7. The quantitative estimate of drug-likeness (QED) is 0.877. The van der Waals surface area contributed by atoms with Gasteiger partial charge in [0.2, 0.25) is 0 Å². The molecule has 2 aliphatic heterocycles. The van der Waals surface area contributed by atoms with Crippen molar-refractivity contribution in [2.24, 2.45) is 0 Å². The average Bonchev–Trinajstić information content (AvgIpc) is 2.85. The Labute approximate surface area is 118 Å². The maximum absolute atomic E-state index is 12.0. The maximum atomic E-state index is 12.0. The minimum absolute atomic E-state index is 0. The number of hydrogen-bond donors (Lipinski definition) is 2. The van der Waals surface area contributed by atoms with Gasteiger partial charge in [0.1, 0.15) is 0 Å². The number of carbonyl (C=O) groups excluding carboxylic acids is 1.